The molecule has 0 saturated carbocycles. The van der Waals surface area contributed by atoms with Gasteiger partial charge in [0.25, 0.3) is 0 Å². The van der Waals surface area contributed by atoms with E-state index in [9.17, 15) is 4.79 Å². The smallest absolute Gasteiger partial charge is 0.306 e. The lowest BCUT2D eigenvalue weighted by Crippen LogP contribution is -2.31. The highest BCUT2D eigenvalue weighted by molar-refractivity contribution is 7.33. The highest BCUT2D eigenvalue weighted by Gasteiger charge is 2.17. The molecule has 1 saturated heterocycles. The Morgan fingerprint density at radius 2 is 2.07 bits per heavy atom. The number of rotatable bonds is 6. The molecule has 7 heteroatoms. The van der Waals surface area contributed by atoms with E-state index in [0.717, 1.165) is 25.9 Å². The van der Waals surface area contributed by atoms with Crippen molar-refractivity contribution in [3.63, 3.8) is 0 Å². The van der Waals surface area contributed by atoms with Crippen molar-refractivity contribution in [1.29, 1.82) is 0 Å². The number of likely N-dealkylation sites (tertiary alicyclic amines) is 1. The quantitative estimate of drug-likeness (QED) is 0.216. The van der Waals surface area contributed by atoms with Gasteiger partial charge in [-0.1, -0.05) is 0 Å². The first-order valence-corrected chi connectivity index (χ1v) is 5.35. The van der Waals surface area contributed by atoms with Crippen molar-refractivity contribution < 1.29 is 24.4 Å². The Bertz CT molecular complexity index is 162. The van der Waals surface area contributed by atoms with Crippen molar-refractivity contribution in [1.82, 2.24) is 4.90 Å². The molecule has 6 nitrogen and oxygen atoms in total. The molecular weight excluding hydrogens is 209 g/mol. The molecule has 82 valence electrons. The van der Waals surface area contributed by atoms with E-state index >= 15 is 0 Å². The number of nitrogens with zero attached hydrogens (tertiary/aromatic N) is 1. The molecule has 0 amide bonds. The molecule has 0 aromatic rings. The summed E-state index contributed by atoms with van der Waals surface area (Å²) >= 11 is 0. The highest BCUT2D eigenvalue weighted by atomic mass is 31.1. The zero-order valence-electron chi connectivity index (χ0n) is 7.97. The molecular formula is C7H14NO5P. The second-order valence-electron chi connectivity index (χ2n) is 3.11. The van der Waals surface area contributed by atoms with Gasteiger partial charge in [0.2, 0.25) is 0 Å². The molecule has 0 spiro atoms. The minimum absolute atomic E-state index is 0.113. The zero-order chi connectivity index (χ0) is 10.2. The molecule has 1 fully saturated rings. The van der Waals surface area contributed by atoms with Crippen molar-refractivity contribution in [2.24, 2.45) is 0 Å². The zero-order valence-corrected chi connectivity index (χ0v) is 8.97. The van der Waals surface area contributed by atoms with Crippen LogP contribution in [0.25, 0.3) is 0 Å². The summed E-state index contributed by atoms with van der Waals surface area (Å²) in [5, 5.41) is 8.05. The van der Waals surface area contributed by atoms with Crippen LogP contribution in [0.5, 0.6) is 0 Å². The van der Waals surface area contributed by atoms with E-state index in [-0.39, 0.29) is 15.3 Å². The Balaban J connectivity index is 1.93. The molecule has 1 aliphatic rings. The van der Waals surface area contributed by atoms with Gasteiger partial charge in [0.1, 0.15) is 0 Å². The molecule has 1 aliphatic heterocycles. The van der Waals surface area contributed by atoms with Crippen LogP contribution in [0.15, 0.2) is 0 Å². The molecule has 1 atom stereocenters. The molecule has 1 unspecified atom stereocenters. The second kappa shape index (κ2) is 7.09. The lowest BCUT2D eigenvalue weighted by Gasteiger charge is -2.27. The van der Waals surface area contributed by atoms with Crippen LogP contribution >= 0.6 is 8.81 Å². The highest BCUT2D eigenvalue weighted by Crippen LogP contribution is 2.29. The van der Waals surface area contributed by atoms with Crippen molar-refractivity contribution >= 4 is 15.3 Å². The fraction of sp³-hybridized carbons (Fsp3) is 0.857. The van der Waals surface area contributed by atoms with Crippen LogP contribution in [0.2, 0.25) is 0 Å². The van der Waals surface area contributed by atoms with Gasteiger partial charge < -0.3 is 4.90 Å². The Morgan fingerprint density at radius 1 is 1.36 bits per heavy atom. The third-order valence-electron chi connectivity index (χ3n) is 2.07. The van der Waals surface area contributed by atoms with Crippen LogP contribution in [0, 0.1) is 0 Å². The van der Waals surface area contributed by atoms with Gasteiger partial charge in [-0.05, 0) is 38.0 Å². The van der Waals surface area contributed by atoms with Crippen LogP contribution in [0.4, 0.5) is 0 Å². The predicted octanol–water partition coefficient (Wildman–Crippen LogP) is 0.642. The van der Waals surface area contributed by atoms with Gasteiger partial charge in [-0.25, -0.2) is 0 Å². The van der Waals surface area contributed by atoms with E-state index in [1.807, 2.05) is 0 Å². The number of carbonyl (C=O) groups is 1. The Morgan fingerprint density at radius 3 is 2.71 bits per heavy atom. The molecule has 0 radical (unpaired) electrons. The van der Waals surface area contributed by atoms with Crippen LogP contribution in [-0.2, 0) is 24.4 Å². The molecule has 0 bridgehead atoms. The summed E-state index contributed by atoms with van der Waals surface area (Å²) < 4.78 is 4.71. The first kappa shape index (κ1) is 11.8. The van der Waals surface area contributed by atoms with Gasteiger partial charge in [-0.2, -0.15) is 4.67 Å². The van der Waals surface area contributed by atoms with Crippen molar-refractivity contribution in [3.8, 4) is 0 Å². The van der Waals surface area contributed by atoms with E-state index in [2.05, 4.69) is 26.9 Å². The monoisotopic (exact) mass is 223 g/mol. The van der Waals surface area contributed by atoms with Gasteiger partial charge in [-0.3, -0.25) is 9.68 Å². The van der Waals surface area contributed by atoms with E-state index < -0.39 is 0 Å². The maximum absolute atomic E-state index is 9.62. The molecule has 0 N–H and O–H groups in total. The summed E-state index contributed by atoms with van der Waals surface area (Å²) in [6, 6.07) is 0. The fourth-order valence-corrected chi connectivity index (χ4v) is 1.96. The molecule has 0 aromatic heterocycles. The van der Waals surface area contributed by atoms with E-state index in [0.29, 0.717) is 5.66 Å². The predicted molar refractivity (Wildman–Crippen MR) is 49.2 cm³/mol. The van der Waals surface area contributed by atoms with E-state index in [4.69, 9.17) is 4.67 Å². The van der Waals surface area contributed by atoms with E-state index in [1.54, 1.807) is 0 Å². The molecule has 0 aliphatic carbocycles. The summed E-state index contributed by atoms with van der Waals surface area (Å²) in [5.74, 6) is 0. The van der Waals surface area contributed by atoms with Crippen LogP contribution in [-0.4, -0.2) is 37.2 Å². The standard InChI is InChI=1S/C7H14NO5P/c1-8-4-2-7(3-5-8)14-13-12-11-10-6-9/h6-7,14H,2-5H2,1H3. The van der Waals surface area contributed by atoms with Crippen LogP contribution in [0.1, 0.15) is 12.8 Å². The number of hydrogen-bond donors (Lipinski definition) is 0. The average molecular weight is 223 g/mol. The Kier molecular flexibility index (Phi) is 5.98. The first-order valence-electron chi connectivity index (χ1n) is 4.36. The Labute approximate surface area is 84.1 Å². The van der Waals surface area contributed by atoms with E-state index in [1.165, 1.54) is 0 Å². The summed E-state index contributed by atoms with van der Waals surface area (Å²) in [6.45, 7) is 2.27. The lowest BCUT2D eigenvalue weighted by molar-refractivity contribution is -0.584. The normalized spacial score (nSPS) is 20.4. The number of carbonyl (C=O) groups excluding carboxylic acids is 1. The van der Waals surface area contributed by atoms with Crippen molar-refractivity contribution in [2.45, 2.75) is 18.5 Å². The van der Waals surface area contributed by atoms with Gasteiger partial charge in [-0.15, -0.1) is 0 Å². The van der Waals surface area contributed by atoms with Crippen molar-refractivity contribution in [2.75, 3.05) is 20.1 Å². The third-order valence-corrected chi connectivity index (χ3v) is 3.15. The molecule has 0 aromatic carbocycles. The Hall–Kier alpha value is -0.260. The van der Waals surface area contributed by atoms with Gasteiger partial charge in [0.15, 0.2) is 0 Å². The minimum atomic E-state index is 0.113. The van der Waals surface area contributed by atoms with Crippen LogP contribution < -0.4 is 0 Å². The second-order valence-corrected chi connectivity index (χ2v) is 4.33. The maximum atomic E-state index is 9.62. The van der Waals surface area contributed by atoms with Gasteiger partial charge >= 0.3 is 6.47 Å². The van der Waals surface area contributed by atoms with Gasteiger partial charge in [0.05, 0.1) is 8.81 Å². The number of hydrogen-bond acceptors (Lipinski definition) is 6. The van der Waals surface area contributed by atoms with Crippen molar-refractivity contribution in [3.05, 3.63) is 0 Å². The first-order chi connectivity index (χ1) is 6.83. The third kappa shape index (κ3) is 4.83. The van der Waals surface area contributed by atoms with Gasteiger partial charge in [0, 0.05) is 10.7 Å². The SMILES string of the molecule is CN1CCC(POOOOC=O)CC1. The van der Waals surface area contributed by atoms with Crippen LogP contribution in [0.3, 0.4) is 0 Å². The lowest BCUT2D eigenvalue weighted by atomic mass is 10.1. The molecule has 14 heavy (non-hydrogen) atoms. The molecule has 1 heterocycles. The molecule has 1 rings (SSSR count). The summed E-state index contributed by atoms with van der Waals surface area (Å²) in [5.41, 5.74) is 0.506. The summed E-state index contributed by atoms with van der Waals surface area (Å²) in [4.78, 5) is 15.7. The minimum Gasteiger partial charge on any atom is -0.306 e. The topological polar surface area (TPSA) is 57.2 Å². The fourth-order valence-electron chi connectivity index (χ4n) is 1.26. The summed E-state index contributed by atoms with van der Waals surface area (Å²) in [6.07, 6.45) is 2.18. The largest absolute Gasteiger partial charge is 0.334 e. The maximum Gasteiger partial charge on any atom is 0.334 e. The summed E-state index contributed by atoms with van der Waals surface area (Å²) in [7, 11) is 2.31. The average Bonchev–Trinajstić information content (AvgIpc) is 2.21. The number of piperidine rings is 1.